The van der Waals surface area contributed by atoms with Crippen molar-refractivity contribution in [2.45, 2.75) is 70.2 Å². The molecular weight excluding hydrogens is 386 g/mol. The topological polar surface area (TPSA) is 76.4 Å². The summed E-state index contributed by atoms with van der Waals surface area (Å²) in [7, 11) is -1.76. The van der Waals surface area contributed by atoms with Crippen molar-refractivity contribution in [3.63, 3.8) is 0 Å². The van der Waals surface area contributed by atoms with Crippen molar-refractivity contribution in [1.29, 1.82) is 0 Å². The van der Waals surface area contributed by atoms with Crippen molar-refractivity contribution in [3.05, 3.63) is 46.6 Å². The third kappa shape index (κ3) is 5.30. The first-order valence-corrected chi connectivity index (χ1v) is 11.7. The van der Waals surface area contributed by atoms with Gasteiger partial charge in [0.1, 0.15) is 10.8 Å². The van der Waals surface area contributed by atoms with E-state index < -0.39 is 9.84 Å². The van der Waals surface area contributed by atoms with Crippen molar-refractivity contribution >= 4 is 15.6 Å². The number of ketones is 1. The number of hydrogen-bond donors (Lipinski definition) is 1. The van der Waals surface area contributed by atoms with Gasteiger partial charge in [0.05, 0.1) is 0 Å². The SMILES string of the molecule is Cn1cc(C(=O)CCc2cc(C(C)(C)C)c(O)c(C(C)(C)C)c2)cc1S(C)(=O)=O. The molecule has 1 N–H and O–H groups in total. The van der Waals surface area contributed by atoms with Gasteiger partial charge in [0.25, 0.3) is 0 Å². The smallest absolute Gasteiger partial charge is 0.190 e. The summed E-state index contributed by atoms with van der Waals surface area (Å²) in [5.74, 6) is 0.221. The minimum absolute atomic E-state index is 0.0989. The van der Waals surface area contributed by atoms with Crippen molar-refractivity contribution in [2.75, 3.05) is 6.26 Å². The number of aromatic hydroxyl groups is 1. The fourth-order valence-electron chi connectivity index (χ4n) is 3.45. The minimum Gasteiger partial charge on any atom is -0.507 e. The van der Waals surface area contributed by atoms with Gasteiger partial charge in [-0.25, -0.2) is 8.42 Å². The molecule has 0 saturated carbocycles. The molecule has 0 unspecified atom stereocenters. The number of nitrogens with zero attached hydrogens (tertiary/aromatic N) is 1. The van der Waals surface area contributed by atoms with Crippen molar-refractivity contribution in [1.82, 2.24) is 4.57 Å². The van der Waals surface area contributed by atoms with Crippen LogP contribution in [0.4, 0.5) is 0 Å². The molecule has 0 aliphatic heterocycles. The molecule has 6 heteroatoms. The molecule has 0 saturated heterocycles. The van der Waals surface area contributed by atoms with Gasteiger partial charge in [0.15, 0.2) is 15.6 Å². The molecule has 0 atom stereocenters. The second-order valence-corrected chi connectivity index (χ2v) is 11.9. The van der Waals surface area contributed by atoms with E-state index in [0.717, 1.165) is 22.9 Å². The van der Waals surface area contributed by atoms with Gasteiger partial charge in [-0.2, -0.15) is 0 Å². The van der Waals surface area contributed by atoms with Crippen LogP contribution in [0.15, 0.2) is 29.4 Å². The number of phenolic OH excluding ortho intramolecular Hbond substituents is 1. The molecule has 2 rings (SSSR count). The Bertz CT molecular complexity index is 997. The maximum atomic E-state index is 12.7. The Morgan fingerprint density at radius 3 is 1.86 bits per heavy atom. The first kappa shape index (κ1) is 23.2. The number of carbonyl (C=O) groups excluding carboxylic acids is 1. The van der Waals surface area contributed by atoms with E-state index in [9.17, 15) is 18.3 Å². The summed E-state index contributed by atoms with van der Waals surface area (Å²) in [6, 6.07) is 5.39. The molecular formula is C23H33NO4S. The van der Waals surface area contributed by atoms with Crippen LogP contribution in [0.3, 0.4) is 0 Å². The monoisotopic (exact) mass is 419 g/mol. The Kier molecular flexibility index (Phi) is 6.11. The quantitative estimate of drug-likeness (QED) is 0.722. The molecule has 0 radical (unpaired) electrons. The van der Waals surface area contributed by atoms with E-state index in [0.29, 0.717) is 17.7 Å². The van der Waals surface area contributed by atoms with Crippen LogP contribution >= 0.6 is 0 Å². The molecule has 0 bridgehead atoms. The van der Waals surface area contributed by atoms with Gasteiger partial charge >= 0.3 is 0 Å². The zero-order valence-corrected chi connectivity index (χ0v) is 19.6. The highest BCUT2D eigenvalue weighted by Crippen LogP contribution is 2.40. The molecule has 29 heavy (non-hydrogen) atoms. The third-order valence-electron chi connectivity index (χ3n) is 5.09. The minimum atomic E-state index is -3.38. The Hall–Kier alpha value is -2.08. The first-order chi connectivity index (χ1) is 13.0. The van der Waals surface area contributed by atoms with E-state index in [1.807, 2.05) is 12.1 Å². The average Bonchev–Trinajstić information content (AvgIpc) is 2.93. The van der Waals surface area contributed by atoms with Crippen LogP contribution in [0.5, 0.6) is 5.75 Å². The fourth-order valence-corrected chi connectivity index (χ4v) is 4.37. The van der Waals surface area contributed by atoms with Gasteiger partial charge in [-0.15, -0.1) is 0 Å². The lowest BCUT2D eigenvalue weighted by atomic mass is 9.78. The van der Waals surface area contributed by atoms with Crippen LogP contribution in [-0.2, 0) is 34.1 Å². The van der Waals surface area contributed by atoms with E-state index in [1.165, 1.54) is 10.6 Å². The lowest BCUT2D eigenvalue weighted by Crippen LogP contribution is -2.18. The second-order valence-electron chi connectivity index (χ2n) is 9.91. The summed E-state index contributed by atoms with van der Waals surface area (Å²) in [6.45, 7) is 12.3. The molecule has 2 aromatic rings. The van der Waals surface area contributed by atoms with E-state index in [4.69, 9.17) is 0 Å². The van der Waals surface area contributed by atoms with E-state index in [1.54, 1.807) is 13.2 Å². The van der Waals surface area contributed by atoms with Gasteiger partial charge in [0, 0.05) is 31.5 Å². The number of rotatable bonds is 5. The largest absolute Gasteiger partial charge is 0.507 e. The fraction of sp³-hybridized carbons (Fsp3) is 0.522. The van der Waals surface area contributed by atoms with E-state index >= 15 is 0 Å². The van der Waals surface area contributed by atoms with Crippen molar-refractivity contribution in [2.24, 2.45) is 7.05 Å². The molecule has 160 valence electrons. The zero-order valence-electron chi connectivity index (χ0n) is 18.8. The number of hydrogen-bond acceptors (Lipinski definition) is 4. The van der Waals surface area contributed by atoms with Gasteiger partial charge in [0.2, 0.25) is 0 Å². The maximum Gasteiger partial charge on any atom is 0.190 e. The first-order valence-electron chi connectivity index (χ1n) is 9.78. The molecule has 1 aromatic heterocycles. The molecule has 1 heterocycles. The Balaban J connectivity index is 2.34. The summed E-state index contributed by atoms with van der Waals surface area (Å²) in [5, 5.41) is 11.0. The summed E-state index contributed by atoms with van der Waals surface area (Å²) >= 11 is 0. The van der Waals surface area contributed by atoms with Crippen LogP contribution in [0.1, 0.15) is 75.0 Å². The van der Waals surface area contributed by atoms with Gasteiger partial charge in [-0.3, -0.25) is 4.79 Å². The Morgan fingerprint density at radius 1 is 1.00 bits per heavy atom. The number of benzene rings is 1. The predicted molar refractivity (Wildman–Crippen MR) is 117 cm³/mol. The van der Waals surface area contributed by atoms with Gasteiger partial charge in [-0.1, -0.05) is 53.7 Å². The standard InChI is InChI=1S/C23H33NO4S/c1-22(2,3)17-11-15(12-18(21(17)26)23(4,5)6)9-10-19(25)16-13-20(24(7)14-16)29(8,27)28/h11-14,26H,9-10H2,1-8H3. The number of phenols is 1. The average molecular weight is 420 g/mol. The highest BCUT2D eigenvalue weighted by atomic mass is 32.2. The number of sulfone groups is 1. The number of Topliss-reactive ketones (excluding diaryl/α,β-unsaturated/α-hetero) is 1. The number of carbonyl (C=O) groups is 1. The van der Waals surface area contributed by atoms with E-state index in [-0.39, 0.29) is 28.1 Å². The summed E-state index contributed by atoms with van der Waals surface area (Å²) < 4.78 is 25.1. The molecule has 0 fully saturated rings. The van der Waals surface area contributed by atoms with Crippen molar-refractivity contribution in [3.8, 4) is 5.75 Å². The molecule has 0 spiro atoms. The lowest BCUT2D eigenvalue weighted by Gasteiger charge is -2.28. The summed E-state index contributed by atoms with van der Waals surface area (Å²) in [4.78, 5) is 12.7. The summed E-state index contributed by atoms with van der Waals surface area (Å²) in [6.07, 6.45) is 3.49. The normalized spacial score (nSPS) is 13.0. The van der Waals surface area contributed by atoms with Crippen LogP contribution in [0, 0.1) is 0 Å². The van der Waals surface area contributed by atoms with E-state index in [2.05, 4.69) is 41.5 Å². The van der Waals surface area contributed by atoms with Gasteiger partial charge < -0.3 is 9.67 Å². The van der Waals surface area contributed by atoms with Gasteiger partial charge in [-0.05, 0) is 40.0 Å². The number of aryl methyl sites for hydroxylation is 2. The molecule has 0 aliphatic carbocycles. The van der Waals surface area contributed by atoms with Crippen LogP contribution in [-0.4, -0.2) is 30.1 Å². The Labute approximate surface area is 174 Å². The molecule has 0 amide bonds. The highest BCUT2D eigenvalue weighted by Gasteiger charge is 2.26. The van der Waals surface area contributed by atoms with Crippen molar-refractivity contribution < 1.29 is 18.3 Å². The third-order valence-corrected chi connectivity index (χ3v) is 6.25. The lowest BCUT2D eigenvalue weighted by molar-refractivity contribution is 0.0983. The zero-order chi connectivity index (χ0) is 22.4. The number of aromatic nitrogens is 1. The van der Waals surface area contributed by atoms with Crippen LogP contribution in [0.2, 0.25) is 0 Å². The summed E-state index contributed by atoms with van der Waals surface area (Å²) in [5.41, 5.74) is 2.67. The predicted octanol–water partition coefficient (Wildman–Crippen LogP) is 4.54. The Morgan fingerprint density at radius 2 is 1.48 bits per heavy atom. The molecule has 1 aromatic carbocycles. The molecule has 0 aliphatic rings. The molecule has 5 nitrogen and oxygen atoms in total. The van der Waals surface area contributed by atoms with Crippen LogP contribution in [0.25, 0.3) is 0 Å². The second kappa shape index (κ2) is 7.63. The highest BCUT2D eigenvalue weighted by molar-refractivity contribution is 7.90. The maximum absolute atomic E-state index is 12.7. The van der Waals surface area contributed by atoms with Crippen LogP contribution < -0.4 is 0 Å².